The van der Waals surface area contributed by atoms with Crippen LogP contribution in [0.15, 0.2) is 52.7 Å². The first-order chi connectivity index (χ1) is 11.0. The Labute approximate surface area is 135 Å². The number of furan rings is 1. The lowest BCUT2D eigenvalue weighted by molar-refractivity contribution is 0.104. The summed E-state index contributed by atoms with van der Waals surface area (Å²) in [5, 5.41) is 10.5. The van der Waals surface area contributed by atoms with E-state index >= 15 is 0 Å². The van der Waals surface area contributed by atoms with E-state index in [0.717, 1.165) is 5.57 Å². The maximum absolute atomic E-state index is 12.3. The van der Waals surface area contributed by atoms with Crippen LogP contribution in [0.5, 0.6) is 11.5 Å². The second kappa shape index (κ2) is 7.49. The van der Waals surface area contributed by atoms with Gasteiger partial charge in [0, 0.05) is 5.56 Å². The third-order valence-corrected chi connectivity index (χ3v) is 3.38. The summed E-state index contributed by atoms with van der Waals surface area (Å²) in [6.07, 6.45) is 6.96. The summed E-state index contributed by atoms with van der Waals surface area (Å²) < 4.78 is 10.4. The van der Waals surface area contributed by atoms with Crippen LogP contribution < -0.4 is 4.74 Å². The fourth-order valence-electron chi connectivity index (χ4n) is 2.15. The quantitative estimate of drug-likeness (QED) is 0.488. The van der Waals surface area contributed by atoms with Crippen molar-refractivity contribution in [2.45, 2.75) is 20.3 Å². The standard InChI is InChI=1S/C19H20O4/c1-13(2)6-8-16-18(22-3)11-9-15(19(16)21)17(20)10-7-14-5-4-12-23-14/h4-7,9-12,21H,8H2,1-3H3/b10-7+. The topological polar surface area (TPSA) is 59.7 Å². The molecule has 1 N–H and O–H groups in total. The van der Waals surface area contributed by atoms with E-state index in [4.69, 9.17) is 9.15 Å². The summed E-state index contributed by atoms with van der Waals surface area (Å²) >= 11 is 0. The lowest BCUT2D eigenvalue weighted by atomic mass is 10.0. The number of phenols is 1. The minimum absolute atomic E-state index is 0.0454. The van der Waals surface area contributed by atoms with Gasteiger partial charge in [-0.2, -0.15) is 0 Å². The zero-order valence-corrected chi connectivity index (χ0v) is 13.5. The van der Waals surface area contributed by atoms with E-state index in [1.807, 2.05) is 19.9 Å². The Bertz CT molecular complexity index is 733. The van der Waals surface area contributed by atoms with Crippen molar-refractivity contribution < 1.29 is 19.1 Å². The SMILES string of the molecule is COc1ccc(C(=O)/C=C/c2ccco2)c(O)c1CC=C(C)C. The number of carbonyl (C=O) groups excluding carboxylic acids is 1. The van der Waals surface area contributed by atoms with Crippen LogP contribution in [0.4, 0.5) is 0 Å². The predicted octanol–water partition coefficient (Wildman–Crippen LogP) is 4.40. The van der Waals surface area contributed by atoms with Crippen LogP contribution in [-0.2, 0) is 6.42 Å². The largest absolute Gasteiger partial charge is 0.507 e. The van der Waals surface area contributed by atoms with Gasteiger partial charge in [0.1, 0.15) is 17.3 Å². The van der Waals surface area contributed by atoms with Crippen molar-refractivity contribution in [2.24, 2.45) is 0 Å². The number of carbonyl (C=O) groups is 1. The van der Waals surface area contributed by atoms with Gasteiger partial charge >= 0.3 is 0 Å². The molecule has 1 aromatic heterocycles. The molecule has 0 aliphatic heterocycles. The molecule has 2 rings (SSSR count). The summed E-state index contributed by atoms with van der Waals surface area (Å²) in [7, 11) is 1.54. The van der Waals surface area contributed by atoms with Gasteiger partial charge < -0.3 is 14.3 Å². The minimum atomic E-state index is -0.292. The maximum atomic E-state index is 12.3. The van der Waals surface area contributed by atoms with Crippen LogP contribution in [0.2, 0.25) is 0 Å². The molecule has 0 atom stereocenters. The van der Waals surface area contributed by atoms with Crippen LogP contribution in [0.1, 0.15) is 35.5 Å². The first-order valence-corrected chi connectivity index (χ1v) is 7.31. The zero-order chi connectivity index (χ0) is 16.8. The Morgan fingerprint density at radius 1 is 1.30 bits per heavy atom. The van der Waals surface area contributed by atoms with E-state index in [2.05, 4.69) is 0 Å². The molecule has 0 saturated heterocycles. The van der Waals surface area contributed by atoms with Gasteiger partial charge in [-0.05, 0) is 56.7 Å². The van der Waals surface area contributed by atoms with E-state index in [1.54, 1.807) is 37.5 Å². The highest BCUT2D eigenvalue weighted by molar-refractivity contribution is 6.08. The predicted molar refractivity (Wildman–Crippen MR) is 89.9 cm³/mol. The first kappa shape index (κ1) is 16.6. The second-order valence-electron chi connectivity index (χ2n) is 5.34. The fraction of sp³-hybridized carbons (Fsp3) is 0.211. The minimum Gasteiger partial charge on any atom is -0.507 e. The van der Waals surface area contributed by atoms with Crippen molar-refractivity contribution in [3.8, 4) is 11.5 Å². The van der Waals surface area contributed by atoms with Gasteiger partial charge in [0.05, 0.1) is 18.9 Å². The molecule has 0 radical (unpaired) electrons. The molecule has 0 saturated carbocycles. The van der Waals surface area contributed by atoms with Crippen LogP contribution in [-0.4, -0.2) is 18.0 Å². The first-order valence-electron chi connectivity index (χ1n) is 7.31. The summed E-state index contributed by atoms with van der Waals surface area (Å²) in [5.74, 6) is 0.804. The number of hydrogen-bond donors (Lipinski definition) is 1. The van der Waals surface area contributed by atoms with Gasteiger partial charge in [-0.15, -0.1) is 0 Å². The number of methoxy groups -OCH3 is 1. The Balaban J connectivity index is 2.33. The fourth-order valence-corrected chi connectivity index (χ4v) is 2.15. The van der Waals surface area contributed by atoms with Gasteiger partial charge in [0.25, 0.3) is 0 Å². The molecule has 23 heavy (non-hydrogen) atoms. The summed E-state index contributed by atoms with van der Waals surface area (Å²) in [6.45, 7) is 3.95. The van der Waals surface area contributed by atoms with E-state index in [1.165, 1.54) is 12.3 Å². The van der Waals surface area contributed by atoms with Crippen LogP contribution in [0.3, 0.4) is 0 Å². The third-order valence-electron chi connectivity index (χ3n) is 3.38. The average molecular weight is 312 g/mol. The molecule has 0 aliphatic rings. The van der Waals surface area contributed by atoms with E-state index in [-0.39, 0.29) is 17.1 Å². The molecule has 0 fully saturated rings. The second-order valence-corrected chi connectivity index (χ2v) is 5.34. The normalized spacial score (nSPS) is 10.7. The van der Waals surface area contributed by atoms with Gasteiger partial charge in [0.2, 0.25) is 0 Å². The molecule has 0 bridgehead atoms. The number of phenolic OH excluding ortho intramolecular Hbond substituents is 1. The highest BCUT2D eigenvalue weighted by atomic mass is 16.5. The molecule has 4 heteroatoms. The van der Waals surface area contributed by atoms with Crippen LogP contribution in [0, 0.1) is 0 Å². The Hall–Kier alpha value is -2.75. The Morgan fingerprint density at radius 3 is 2.70 bits per heavy atom. The molecular formula is C19H20O4. The Kier molecular flexibility index (Phi) is 5.41. The van der Waals surface area contributed by atoms with E-state index in [0.29, 0.717) is 23.5 Å². The number of benzene rings is 1. The number of ketones is 1. The highest BCUT2D eigenvalue weighted by Crippen LogP contribution is 2.32. The van der Waals surface area contributed by atoms with Gasteiger partial charge in [-0.3, -0.25) is 4.79 Å². The van der Waals surface area contributed by atoms with Crippen LogP contribution >= 0.6 is 0 Å². The average Bonchev–Trinajstić information content (AvgIpc) is 3.04. The summed E-state index contributed by atoms with van der Waals surface area (Å²) in [4.78, 5) is 12.3. The summed E-state index contributed by atoms with van der Waals surface area (Å²) in [5.41, 5.74) is 1.97. The molecule has 2 aromatic rings. The molecule has 0 spiro atoms. The smallest absolute Gasteiger partial charge is 0.189 e. The zero-order valence-electron chi connectivity index (χ0n) is 13.5. The molecule has 0 amide bonds. The van der Waals surface area contributed by atoms with E-state index < -0.39 is 0 Å². The number of aromatic hydroxyl groups is 1. The molecule has 0 aliphatic carbocycles. The van der Waals surface area contributed by atoms with Crippen molar-refractivity contribution in [1.82, 2.24) is 0 Å². The van der Waals surface area contributed by atoms with Gasteiger partial charge in [-0.1, -0.05) is 11.6 Å². The molecule has 120 valence electrons. The van der Waals surface area contributed by atoms with Gasteiger partial charge in [0.15, 0.2) is 5.78 Å². The molecular weight excluding hydrogens is 292 g/mol. The van der Waals surface area contributed by atoms with Crippen molar-refractivity contribution in [3.05, 3.63) is 65.1 Å². The lowest BCUT2D eigenvalue weighted by Crippen LogP contribution is -2.00. The van der Waals surface area contributed by atoms with Crippen molar-refractivity contribution >= 4 is 11.9 Å². The number of ether oxygens (including phenoxy) is 1. The lowest BCUT2D eigenvalue weighted by Gasteiger charge is -2.12. The summed E-state index contributed by atoms with van der Waals surface area (Å²) in [6, 6.07) is 6.75. The van der Waals surface area contributed by atoms with Gasteiger partial charge in [-0.25, -0.2) is 0 Å². The van der Waals surface area contributed by atoms with Crippen LogP contribution in [0.25, 0.3) is 6.08 Å². The van der Waals surface area contributed by atoms with Crippen molar-refractivity contribution in [2.75, 3.05) is 7.11 Å². The molecule has 4 nitrogen and oxygen atoms in total. The monoisotopic (exact) mass is 312 g/mol. The number of allylic oxidation sites excluding steroid dienone is 3. The van der Waals surface area contributed by atoms with E-state index in [9.17, 15) is 9.90 Å². The number of rotatable bonds is 6. The maximum Gasteiger partial charge on any atom is 0.189 e. The molecule has 1 aromatic carbocycles. The highest BCUT2D eigenvalue weighted by Gasteiger charge is 2.16. The van der Waals surface area contributed by atoms with Crippen molar-refractivity contribution in [1.29, 1.82) is 0 Å². The molecule has 1 heterocycles. The van der Waals surface area contributed by atoms with Crippen molar-refractivity contribution in [3.63, 3.8) is 0 Å². The molecule has 0 unspecified atom stereocenters. The third kappa shape index (κ3) is 4.13. The number of hydrogen-bond acceptors (Lipinski definition) is 4. The Morgan fingerprint density at radius 2 is 2.09 bits per heavy atom.